The van der Waals surface area contributed by atoms with Gasteiger partial charge in [-0.15, -0.1) is 12.4 Å². The van der Waals surface area contributed by atoms with Crippen LogP contribution in [0.2, 0.25) is 0 Å². The molecule has 3 N–H and O–H groups in total. The van der Waals surface area contributed by atoms with Gasteiger partial charge in [-0.05, 0) is 30.9 Å². The molecule has 23 heavy (non-hydrogen) atoms. The Balaban J connectivity index is 0.00000192. The fourth-order valence-electron chi connectivity index (χ4n) is 2.28. The van der Waals surface area contributed by atoms with E-state index in [0.717, 1.165) is 18.4 Å². The van der Waals surface area contributed by atoms with E-state index in [1.807, 2.05) is 0 Å². The molecule has 0 aliphatic heterocycles. The highest BCUT2D eigenvalue weighted by Gasteiger charge is 2.29. The summed E-state index contributed by atoms with van der Waals surface area (Å²) in [5, 5.41) is 0. The second-order valence-corrected chi connectivity index (χ2v) is 7.40. The molecule has 2 aromatic rings. The van der Waals surface area contributed by atoms with Gasteiger partial charge in [0.2, 0.25) is 10.0 Å². The molecule has 1 saturated carbocycles. The fourth-order valence-corrected chi connectivity index (χ4v) is 3.35. The first-order valence-electron chi connectivity index (χ1n) is 7.23. The fraction of sp³-hybridized carbons (Fsp3) is 0.400. The lowest BCUT2D eigenvalue weighted by Gasteiger charge is -2.12. The molecule has 0 saturated heterocycles. The van der Waals surface area contributed by atoms with Crippen LogP contribution < -0.4 is 10.5 Å². The first-order chi connectivity index (χ1) is 10.5. The van der Waals surface area contributed by atoms with Gasteiger partial charge in [0, 0.05) is 25.1 Å². The van der Waals surface area contributed by atoms with Crippen LogP contribution in [0.25, 0.3) is 11.3 Å². The van der Waals surface area contributed by atoms with Gasteiger partial charge in [-0.25, -0.2) is 18.1 Å². The molecule has 1 aromatic carbocycles. The number of nitrogens with zero attached hydrogens (tertiary/aromatic N) is 1. The normalized spacial score (nSPS) is 15.9. The molecule has 3 rings (SSSR count). The number of hydrogen-bond acceptors (Lipinski definition) is 5. The van der Waals surface area contributed by atoms with Gasteiger partial charge in [-0.3, -0.25) is 0 Å². The van der Waals surface area contributed by atoms with Gasteiger partial charge < -0.3 is 10.2 Å². The third-order valence-corrected chi connectivity index (χ3v) is 5.26. The number of nitrogens with two attached hydrogens (primary N) is 1. The van der Waals surface area contributed by atoms with Gasteiger partial charge in [0.05, 0.1) is 4.90 Å². The molecule has 6 nitrogen and oxygen atoms in total. The first kappa shape index (κ1) is 17.9. The predicted molar refractivity (Wildman–Crippen MR) is 89.8 cm³/mol. The van der Waals surface area contributed by atoms with Gasteiger partial charge >= 0.3 is 0 Å². The highest BCUT2D eigenvalue weighted by Crippen LogP contribution is 2.31. The molecule has 126 valence electrons. The predicted octanol–water partition coefficient (Wildman–Crippen LogP) is 2.09. The average molecular weight is 358 g/mol. The number of aromatic nitrogens is 1. The molecule has 1 unspecified atom stereocenters. The minimum absolute atomic E-state index is 0. The summed E-state index contributed by atoms with van der Waals surface area (Å²) in [4.78, 5) is 4.43. The van der Waals surface area contributed by atoms with E-state index in [-0.39, 0.29) is 29.9 Å². The Morgan fingerprint density at radius 3 is 2.52 bits per heavy atom. The van der Waals surface area contributed by atoms with Crippen molar-refractivity contribution in [1.82, 2.24) is 9.71 Å². The van der Waals surface area contributed by atoms with E-state index in [9.17, 15) is 8.42 Å². The minimum Gasteiger partial charge on any atom is -0.449 e. The van der Waals surface area contributed by atoms with E-state index in [0.29, 0.717) is 17.5 Å². The Morgan fingerprint density at radius 1 is 1.35 bits per heavy atom. The first-order valence-corrected chi connectivity index (χ1v) is 8.72. The second kappa shape index (κ2) is 7.00. The van der Waals surface area contributed by atoms with Crippen LogP contribution in [-0.4, -0.2) is 26.0 Å². The highest BCUT2D eigenvalue weighted by atomic mass is 35.5. The Kier molecular flexibility index (Phi) is 5.46. The van der Waals surface area contributed by atoms with Gasteiger partial charge in [-0.2, -0.15) is 0 Å². The lowest BCUT2D eigenvalue weighted by atomic mass is 10.2. The van der Waals surface area contributed by atoms with E-state index >= 15 is 0 Å². The molecule has 1 atom stereocenters. The summed E-state index contributed by atoms with van der Waals surface area (Å²) in [6, 6.07) is 6.45. The highest BCUT2D eigenvalue weighted by molar-refractivity contribution is 7.89. The average Bonchev–Trinajstić information content (AvgIpc) is 3.27. The Hall–Kier alpha value is -1.41. The molecule has 0 bridgehead atoms. The van der Waals surface area contributed by atoms with Crippen LogP contribution in [0.4, 0.5) is 0 Å². The molecule has 1 fully saturated rings. The van der Waals surface area contributed by atoms with Crippen LogP contribution in [0.5, 0.6) is 0 Å². The Morgan fingerprint density at radius 2 is 2.00 bits per heavy atom. The van der Waals surface area contributed by atoms with Crippen molar-refractivity contribution in [2.24, 2.45) is 11.7 Å². The van der Waals surface area contributed by atoms with E-state index in [2.05, 4.69) is 9.71 Å². The monoisotopic (exact) mass is 357 g/mol. The molecule has 1 heterocycles. The van der Waals surface area contributed by atoms with Crippen molar-refractivity contribution < 1.29 is 12.8 Å². The van der Waals surface area contributed by atoms with Crippen molar-refractivity contribution in [3.05, 3.63) is 36.4 Å². The third kappa shape index (κ3) is 4.32. The quantitative estimate of drug-likeness (QED) is 0.824. The number of rotatable bonds is 6. The van der Waals surface area contributed by atoms with E-state index < -0.39 is 10.0 Å². The standard InChI is InChI=1S/C15H19N3O3S.ClH/c1-10-18-15(9-21-10)12-4-6-13(7-5-12)22(19,20)17-8-14(16)11-2-3-11;/h4-7,9,11,14,17H,2-3,8,16H2,1H3;1H. The maximum atomic E-state index is 12.2. The topological polar surface area (TPSA) is 98.2 Å². The third-order valence-electron chi connectivity index (χ3n) is 3.82. The number of oxazole rings is 1. The summed E-state index contributed by atoms with van der Waals surface area (Å²) in [5.74, 6) is 1.03. The molecular weight excluding hydrogens is 338 g/mol. The van der Waals surface area contributed by atoms with Crippen molar-refractivity contribution in [1.29, 1.82) is 0 Å². The van der Waals surface area contributed by atoms with Crippen LogP contribution in [0, 0.1) is 12.8 Å². The van der Waals surface area contributed by atoms with E-state index in [1.165, 1.54) is 0 Å². The molecule has 8 heteroatoms. The number of hydrogen-bond donors (Lipinski definition) is 2. The van der Waals surface area contributed by atoms with Crippen LogP contribution in [0.1, 0.15) is 18.7 Å². The minimum atomic E-state index is -3.53. The number of aryl methyl sites for hydroxylation is 1. The van der Waals surface area contributed by atoms with Crippen LogP contribution >= 0.6 is 12.4 Å². The SMILES string of the molecule is Cc1nc(-c2ccc(S(=O)(=O)NCC(N)C3CC3)cc2)co1.Cl. The summed E-state index contributed by atoms with van der Waals surface area (Å²) in [7, 11) is -3.53. The van der Waals surface area contributed by atoms with Crippen molar-refractivity contribution in [2.45, 2.75) is 30.7 Å². The molecular formula is C15H20ClN3O3S. The lowest BCUT2D eigenvalue weighted by Crippen LogP contribution is -2.38. The molecule has 0 radical (unpaired) electrons. The number of nitrogens with one attached hydrogen (secondary N) is 1. The molecule has 0 amide bonds. The van der Waals surface area contributed by atoms with Crippen LogP contribution in [-0.2, 0) is 10.0 Å². The summed E-state index contributed by atoms with van der Waals surface area (Å²) in [6.45, 7) is 2.03. The summed E-state index contributed by atoms with van der Waals surface area (Å²) in [6.07, 6.45) is 3.73. The maximum absolute atomic E-state index is 12.2. The summed E-state index contributed by atoms with van der Waals surface area (Å²) < 4.78 is 32.2. The second-order valence-electron chi connectivity index (χ2n) is 5.63. The zero-order chi connectivity index (χ0) is 15.7. The van der Waals surface area contributed by atoms with Crippen molar-refractivity contribution >= 4 is 22.4 Å². The molecule has 1 aliphatic rings. The Labute approximate surface area is 141 Å². The van der Waals surface area contributed by atoms with Gasteiger partial charge in [0.25, 0.3) is 0 Å². The van der Waals surface area contributed by atoms with Gasteiger partial charge in [0.15, 0.2) is 5.89 Å². The smallest absolute Gasteiger partial charge is 0.240 e. The maximum Gasteiger partial charge on any atom is 0.240 e. The largest absolute Gasteiger partial charge is 0.449 e. The zero-order valence-electron chi connectivity index (χ0n) is 12.7. The number of halogens is 1. The van der Waals surface area contributed by atoms with Gasteiger partial charge in [0.1, 0.15) is 12.0 Å². The summed E-state index contributed by atoms with van der Waals surface area (Å²) >= 11 is 0. The van der Waals surface area contributed by atoms with Crippen molar-refractivity contribution in [3.63, 3.8) is 0 Å². The van der Waals surface area contributed by atoms with E-state index in [1.54, 1.807) is 37.5 Å². The number of sulfonamides is 1. The molecule has 0 spiro atoms. The van der Waals surface area contributed by atoms with Crippen LogP contribution in [0.15, 0.2) is 39.8 Å². The zero-order valence-corrected chi connectivity index (χ0v) is 14.4. The van der Waals surface area contributed by atoms with Gasteiger partial charge in [-0.1, -0.05) is 12.1 Å². The lowest BCUT2D eigenvalue weighted by molar-refractivity contribution is 0.521. The summed E-state index contributed by atoms with van der Waals surface area (Å²) in [5.41, 5.74) is 7.42. The Bertz CT molecular complexity index is 755. The number of benzene rings is 1. The van der Waals surface area contributed by atoms with Crippen LogP contribution in [0.3, 0.4) is 0 Å². The molecule has 1 aromatic heterocycles. The van der Waals surface area contributed by atoms with Crippen molar-refractivity contribution in [3.8, 4) is 11.3 Å². The van der Waals surface area contributed by atoms with Crippen molar-refractivity contribution in [2.75, 3.05) is 6.54 Å². The van der Waals surface area contributed by atoms with E-state index in [4.69, 9.17) is 10.2 Å². The molecule has 1 aliphatic carbocycles.